The number of carbonyl (C=O) groups excluding carboxylic acids is 2. The Morgan fingerprint density at radius 1 is 1.33 bits per heavy atom. The standard InChI is InChI=1S/C20H24N2O6S2/c1-4-13(19(25)26)21-17(23)8-9-22-18(24)16(30-20(22)29)11-12-6-7-14(28-5-2)15(10-12)27-3/h6-7,10-11,13H,4-5,8-9H2,1-3H3,(H,21,23)(H,25,26)/b16-11+/t13-/m0/s1. The van der Waals surface area contributed by atoms with Crippen LogP contribution in [0.1, 0.15) is 32.3 Å². The first kappa shape index (κ1) is 23.7. The third kappa shape index (κ3) is 5.96. The number of carboxylic acid groups (broad SMARTS) is 1. The van der Waals surface area contributed by atoms with Crippen LogP contribution in [0.4, 0.5) is 0 Å². The highest BCUT2D eigenvalue weighted by Crippen LogP contribution is 2.34. The van der Waals surface area contributed by atoms with Crippen molar-refractivity contribution in [1.29, 1.82) is 0 Å². The van der Waals surface area contributed by atoms with E-state index in [9.17, 15) is 14.4 Å². The Labute approximate surface area is 184 Å². The number of methoxy groups -OCH3 is 1. The van der Waals surface area contributed by atoms with Gasteiger partial charge in [0.15, 0.2) is 11.5 Å². The van der Waals surface area contributed by atoms with E-state index in [-0.39, 0.29) is 25.3 Å². The lowest BCUT2D eigenvalue weighted by Gasteiger charge is -2.16. The maximum atomic E-state index is 12.7. The van der Waals surface area contributed by atoms with E-state index in [1.54, 1.807) is 32.2 Å². The second-order valence-corrected chi connectivity index (χ2v) is 7.97. The second kappa shape index (κ2) is 11.0. The monoisotopic (exact) mass is 452 g/mol. The molecule has 1 fully saturated rings. The van der Waals surface area contributed by atoms with E-state index < -0.39 is 17.9 Å². The molecule has 0 saturated carbocycles. The van der Waals surface area contributed by atoms with Crippen molar-refractivity contribution in [1.82, 2.24) is 10.2 Å². The third-order valence-electron chi connectivity index (χ3n) is 4.26. The van der Waals surface area contributed by atoms with Crippen molar-refractivity contribution >= 4 is 52.2 Å². The molecule has 2 N–H and O–H groups in total. The van der Waals surface area contributed by atoms with Gasteiger partial charge in [0.25, 0.3) is 5.91 Å². The van der Waals surface area contributed by atoms with Gasteiger partial charge >= 0.3 is 5.97 Å². The molecule has 8 nitrogen and oxygen atoms in total. The largest absolute Gasteiger partial charge is 0.493 e. The minimum Gasteiger partial charge on any atom is -0.493 e. The zero-order valence-electron chi connectivity index (χ0n) is 17.0. The molecule has 0 bridgehead atoms. The van der Waals surface area contributed by atoms with Gasteiger partial charge in [-0.2, -0.15) is 0 Å². The van der Waals surface area contributed by atoms with Gasteiger partial charge < -0.3 is 19.9 Å². The fourth-order valence-corrected chi connectivity index (χ4v) is 4.02. The molecule has 1 atom stereocenters. The highest BCUT2D eigenvalue weighted by atomic mass is 32.2. The van der Waals surface area contributed by atoms with Gasteiger partial charge in [-0.3, -0.25) is 14.5 Å². The lowest BCUT2D eigenvalue weighted by molar-refractivity contribution is -0.142. The third-order valence-corrected chi connectivity index (χ3v) is 5.64. The van der Waals surface area contributed by atoms with Crippen LogP contribution < -0.4 is 14.8 Å². The summed E-state index contributed by atoms with van der Waals surface area (Å²) in [6.07, 6.45) is 1.94. The van der Waals surface area contributed by atoms with Crippen LogP contribution in [0, 0.1) is 0 Å². The Bertz CT molecular complexity index is 871. The molecule has 0 unspecified atom stereocenters. The molecule has 1 heterocycles. The fourth-order valence-electron chi connectivity index (χ4n) is 2.71. The average Bonchev–Trinajstić information content (AvgIpc) is 2.98. The lowest BCUT2D eigenvalue weighted by atomic mass is 10.2. The van der Waals surface area contributed by atoms with Gasteiger partial charge in [0, 0.05) is 13.0 Å². The number of carbonyl (C=O) groups is 3. The molecule has 30 heavy (non-hydrogen) atoms. The summed E-state index contributed by atoms with van der Waals surface area (Å²) in [4.78, 5) is 37.5. The first-order chi connectivity index (χ1) is 14.3. The molecular weight excluding hydrogens is 428 g/mol. The van der Waals surface area contributed by atoms with Crippen molar-refractivity contribution in [3.8, 4) is 11.5 Å². The SMILES string of the molecule is CCOc1ccc(/C=C2/SC(=S)N(CCC(=O)N[C@@H](CC)C(=O)O)C2=O)cc1OC. The number of nitrogens with one attached hydrogen (secondary N) is 1. The number of hydrogen-bond donors (Lipinski definition) is 2. The van der Waals surface area contributed by atoms with Crippen molar-refractivity contribution in [3.63, 3.8) is 0 Å². The first-order valence-corrected chi connectivity index (χ1v) is 10.6. The smallest absolute Gasteiger partial charge is 0.326 e. The summed E-state index contributed by atoms with van der Waals surface area (Å²) in [5.74, 6) is -0.663. The Hall–Kier alpha value is -2.59. The molecule has 2 amide bonds. The van der Waals surface area contributed by atoms with Crippen LogP contribution in [0.15, 0.2) is 23.1 Å². The van der Waals surface area contributed by atoms with Crippen LogP contribution >= 0.6 is 24.0 Å². The molecule has 10 heteroatoms. The number of nitrogens with zero attached hydrogens (tertiary/aromatic N) is 1. The van der Waals surface area contributed by atoms with Crippen molar-refractivity contribution in [3.05, 3.63) is 28.7 Å². The number of rotatable bonds is 10. The van der Waals surface area contributed by atoms with Gasteiger partial charge in [0.05, 0.1) is 18.6 Å². The molecule has 1 aliphatic rings. The summed E-state index contributed by atoms with van der Waals surface area (Å²) < 4.78 is 11.2. The summed E-state index contributed by atoms with van der Waals surface area (Å²) in [5.41, 5.74) is 0.751. The van der Waals surface area contributed by atoms with E-state index in [0.29, 0.717) is 27.3 Å². The van der Waals surface area contributed by atoms with E-state index in [0.717, 1.165) is 17.3 Å². The van der Waals surface area contributed by atoms with Crippen LogP contribution in [-0.2, 0) is 14.4 Å². The summed E-state index contributed by atoms with van der Waals surface area (Å²) in [6.45, 7) is 4.13. The minimum atomic E-state index is -1.09. The van der Waals surface area contributed by atoms with Gasteiger partial charge in [-0.05, 0) is 37.1 Å². The number of amides is 2. The molecule has 0 aliphatic carbocycles. The molecule has 1 aliphatic heterocycles. The molecule has 1 saturated heterocycles. The van der Waals surface area contributed by atoms with E-state index in [1.807, 2.05) is 13.0 Å². The van der Waals surface area contributed by atoms with E-state index in [2.05, 4.69) is 5.32 Å². The maximum absolute atomic E-state index is 12.7. The van der Waals surface area contributed by atoms with Gasteiger partial charge in [-0.15, -0.1) is 0 Å². The van der Waals surface area contributed by atoms with Gasteiger partial charge in [-0.1, -0.05) is 37.0 Å². The fraction of sp³-hybridized carbons (Fsp3) is 0.400. The van der Waals surface area contributed by atoms with Crippen molar-refractivity contribution in [2.24, 2.45) is 0 Å². The quantitative estimate of drug-likeness (QED) is 0.412. The van der Waals surface area contributed by atoms with Gasteiger partial charge in [0.1, 0.15) is 10.4 Å². The first-order valence-electron chi connectivity index (χ1n) is 9.39. The topological polar surface area (TPSA) is 105 Å². The molecule has 1 aromatic rings. The van der Waals surface area contributed by atoms with Crippen LogP contribution in [0.5, 0.6) is 11.5 Å². The maximum Gasteiger partial charge on any atom is 0.326 e. The molecule has 0 aromatic heterocycles. The Morgan fingerprint density at radius 2 is 2.07 bits per heavy atom. The molecule has 0 spiro atoms. The summed E-state index contributed by atoms with van der Waals surface area (Å²) >= 11 is 6.43. The number of benzene rings is 1. The number of thiocarbonyl (C=S) groups is 1. The molecule has 1 aromatic carbocycles. The summed E-state index contributed by atoms with van der Waals surface area (Å²) in [7, 11) is 1.54. The average molecular weight is 453 g/mol. The highest BCUT2D eigenvalue weighted by molar-refractivity contribution is 8.26. The van der Waals surface area contributed by atoms with Crippen molar-refractivity contribution < 1.29 is 29.0 Å². The Balaban J connectivity index is 2.05. The van der Waals surface area contributed by atoms with E-state index in [1.165, 1.54) is 4.90 Å². The lowest BCUT2D eigenvalue weighted by Crippen LogP contribution is -2.42. The number of thioether (sulfide) groups is 1. The minimum absolute atomic E-state index is 0.0413. The Morgan fingerprint density at radius 3 is 2.67 bits per heavy atom. The van der Waals surface area contributed by atoms with Crippen LogP contribution in [-0.4, -0.2) is 58.4 Å². The van der Waals surface area contributed by atoms with Gasteiger partial charge in [-0.25, -0.2) is 4.79 Å². The van der Waals surface area contributed by atoms with Crippen molar-refractivity contribution in [2.75, 3.05) is 20.3 Å². The van der Waals surface area contributed by atoms with E-state index in [4.69, 9.17) is 26.8 Å². The van der Waals surface area contributed by atoms with E-state index >= 15 is 0 Å². The number of ether oxygens (including phenoxy) is 2. The predicted molar refractivity (Wildman–Crippen MR) is 119 cm³/mol. The Kier molecular flexibility index (Phi) is 8.67. The summed E-state index contributed by atoms with van der Waals surface area (Å²) in [5, 5.41) is 11.4. The van der Waals surface area contributed by atoms with Crippen LogP contribution in [0.3, 0.4) is 0 Å². The predicted octanol–water partition coefficient (Wildman–Crippen LogP) is 2.66. The van der Waals surface area contributed by atoms with Crippen LogP contribution in [0.25, 0.3) is 6.08 Å². The van der Waals surface area contributed by atoms with Crippen molar-refractivity contribution in [2.45, 2.75) is 32.7 Å². The number of carboxylic acids is 1. The number of aliphatic carboxylic acids is 1. The zero-order chi connectivity index (χ0) is 22.3. The second-order valence-electron chi connectivity index (χ2n) is 6.29. The summed E-state index contributed by atoms with van der Waals surface area (Å²) in [6, 6.07) is 4.40. The van der Waals surface area contributed by atoms with Crippen LogP contribution in [0.2, 0.25) is 0 Å². The highest BCUT2D eigenvalue weighted by Gasteiger charge is 2.32. The normalized spacial score (nSPS) is 16.0. The van der Waals surface area contributed by atoms with Gasteiger partial charge in [0.2, 0.25) is 5.91 Å². The molecule has 2 rings (SSSR count). The number of hydrogen-bond acceptors (Lipinski definition) is 7. The zero-order valence-corrected chi connectivity index (χ0v) is 18.6. The molecule has 0 radical (unpaired) electrons. The molecule has 162 valence electrons. The molecular formula is C20H24N2O6S2.